The third kappa shape index (κ3) is 4.75. The smallest absolute Gasteiger partial charge is 0.251 e. The van der Waals surface area contributed by atoms with Gasteiger partial charge < -0.3 is 19.3 Å². The number of carbonyl (C=O) groups is 1. The third-order valence-corrected chi connectivity index (χ3v) is 4.88. The molecule has 0 radical (unpaired) electrons. The normalized spacial score (nSPS) is 10.5. The van der Waals surface area contributed by atoms with E-state index in [4.69, 9.17) is 14.0 Å². The fourth-order valence-corrected chi connectivity index (χ4v) is 3.20. The van der Waals surface area contributed by atoms with Crippen LogP contribution in [0.2, 0.25) is 0 Å². The van der Waals surface area contributed by atoms with Gasteiger partial charge in [-0.25, -0.2) is 0 Å². The molecule has 0 aliphatic heterocycles. The molecule has 1 heterocycles. The minimum Gasteiger partial charge on any atom is -0.497 e. The lowest BCUT2D eigenvalue weighted by atomic mass is 10.0. The molecule has 6 nitrogen and oxygen atoms in total. The number of benzene rings is 3. The zero-order chi connectivity index (χ0) is 21.6. The molecule has 0 fully saturated rings. The Hall–Kier alpha value is -4.06. The third-order valence-electron chi connectivity index (χ3n) is 4.88. The maximum atomic E-state index is 12.5. The van der Waals surface area contributed by atoms with Crippen LogP contribution in [0, 0.1) is 0 Å². The molecule has 3 aromatic carbocycles. The largest absolute Gasteiger partial charge is 0.497 e. The molecule has 6 heteroatoms. The van der Waals surface area contributed by atoms with E-state index in [0.717, 1.165) is 16.7 Å². The minimum atomic E-state index is -0.256. The molecule has 0 atom stereocenters. The van der Waals surface area contributed by atoms with E-state index in [2.05, 4.69) is 22.6 Å². The Morgan fingerprint density at radius 3 is 2.10 bits per heavy atom. The lowest BCUT2D eigenvalue weighted by Gasteiger charge is -2.08. The fourth-order valence-electron chi connectivity index (χ4n) is 3.20. The van der Waals surface area contributed by atoms with Crippen molar-refractivity contribution in [3.8, 4) is 33.9 Å². The highest BCUT2D eigenvalue weighted by atomic mass is 16.5. The van der Waals surface area contributed by atoms with Crippen LogP contribution >= 0.6 is 0 Å². The molecule has 156 valence electrons. The predicted molar refractivity (Wildman–Crippen MR) is 118 cm³/mol. The summed E-state index contributed by atoms with van der Waals surface area (Å²) in [4.78, 5) is 12.5. The van der Waals surface area contributed by atoms with E-state index in [1.54, 1.807) is 32.4 Å². The number of hydrogen-bond acceptors (Lipinski definition) is 5. The van der Waals surface area contributed by atoms with Crippen molar-refractivity contribution in [2.45, 2.75) is 6.54 Å². The monoisotopic (exact) mass is 414 g/mol. The second-order valence-corrected chi connectivity index (χ2v) is 6.91. The van der Waals surface area contributed by atoms with Crippen molar-refractivity contribution in [3.05, 3.63) is 90.1 Å². The number of carbonyl (C=O) groups excluding carboxylic acids is 1. The van der Waals surface area contributed by atoms with Gasteiger partial charge in [-0.2, -0.15) is 0 Å². The highest BCUT2D eigenvalue weighted by Gasteiger charge is 2.12. The van der Waals surface area contributed by atoms with Gasteiger partial charge in [0.1, 0.15) is 17.2 Å². The van der Waals surface area contributed by atoms with E-state index >= 15 is 0 Å². The molecule has 0 unspecified atom stereocenters. The Morgan fingerprint density at radius 1 is 0.839 bits per heavy atom. The molecule has 0 saturated carbocycles. The lowest BCUT2D eigenvalue weighted by Crippen LogP contribution is -2.23. The van der Waals surface area contributed by atoms with Gasteiger partial charge in [0, 0.05) is 23.3 Å². The summed E-state index contributed by atoms with van der Waals surface area (Å²) in [6.45, 7) is 0.240. The first-order valence-electron chi connectivity index (χ1n) is 9.79. The van der Waals surface area contributed by atoms with Crippen LogP contribution in [0.25, 0.3) is 22.5 Å². The molecule has 0 spiro atoms. The number of methoxy groups -OCH3 is 2. The zero-order valence-corrected chi connectivity index (χ0v) is 17.3. The van der Waals surface area contributed by atoms with E-state index < -0.39 is 0 Å². The van der Waals surface area contributed by atoms with Crippen LogP contribution in [0.15, 0.2) is 83.4 Å². The summed E-state index contributed by atoms with van der Waals surface area (Å²) in [6.07, 6.45) is 0. The zero-order valence-electron chi connectivity index (χ0n) is 17.3. The van der Waals surface area contributed by atoms with Crippen LogP contribution in [-0.2, 0) is 6.54 Å². The highest BCUT2D eigenvalue weighted by Crippen LogP contribution is 2.26. The van der Waals surface area contributed by atoms with Gasteiger partial charge in [0.15, 0.2) is 5.76 Å². The van der Waals surface area contributed by atoms with Crippen LogP contribution in [-0.4, -0.2) is 25.3 Å². The molecule has 1 amide bonds. The first-order valence-corrected chi connectivity index (χ1v) is 9.79. The molecule has 0 saturated heterocycles. The second kappa shape index (κ2) is 9.17. The van der Waals surface area contributed by atoms with Crippen LogP contribution in [0.1, 0.15) is 16.1 Å². The van der Waals surface area contributed by atoms with Gasteiger partial charge in [-0.15, -0.1) is 0 Å². The van der Waals surface area contributed by atoms with Crippen molar-refractivity contribution in [2.24, 2.45) is 0 Å². The van der Waals surface area contributed by atoms with Gasteiger partial charge in [-0.3, -0.25) is 4.79 Å². The van der Waals surface area contributed by atoms with Crippen molar-refractivity contribution in [2.75, 3.05) is 14.2 Å². The average Bonchev–Trinajstić information content (AvgIpc) is 3.32. The molecule has 31 heavy (non-hydrogen) atoms. The van der Waals surface area contributed by atoms with E-state index in [0.29, 0.717) is 28.5 Å². The molecular formula is C25H22N2O4. The lowest BCUT2D eigenvalue weighted by molar-refractivity contribution is 0.0949. The number of nitrogens with zero attached hydrogens (tertiary/aromatic N) is 1. The quantitative estimate of drug-likeness (QED) is 0.463. The number of rotatable bonds is 7. The van der Waals surface area contributed by atoms with E-state index in [1.807, 2.05) is 48.5 Å². The predicted octanol–water partition coefficient (Wildman–Crippen LogP) is 4.96. The number of aromatic nitrogens is 1. The fraction of sp³-hybridized carbons (Fsp3) is 0.120. The number of hydrogen-bond donors (Lipinski definition) is 1. The van der Waals surface area contributed by atoms with Gasteiger partial charge >= 0.3 is 0 Å². The molecule has 0 bridgehead atoms. The summed E-state index contributed by atoms with van der Waals surface area (Å²) >= 11 is 0. The van der Waals surface area contributed by atoms with Crippen molar-refractivity contribution in [3.63, 3.8) is 0 Å². The van der Waals surface area contributed by atoms with Crippen LogP contribution in [0.3, 0.4) is 0 Å². The maximum absolute atomic E-state index is 12.5. The molecule has 0 aliphatic rings. The van der Waals surface area contributed by atoms with Crippen molar-refractivity contribution >= 4 is 5.91 Å². The second-order valence-electron chi connectivity index (χ2n) is 6.91. The number of ether oxygens (including phenoxy) is 2. The average molecular weight is 414 g/mol. The Bertz CT molecular complexity index is 1150. The van der Waals surface area contributed by atoms with Gasteiger partial charge in [-0.1, -0.05) is 59.8 Å². The molecule has 1 N–H and O–H groups in total. The Morgan fingerprint density at radius 2 is 1.45 bits per heavy atom. The number of nitrogens with one attached hydrogen (secondary N) is 1. The van der Waals surface area contributed by atoms with Gasteiger partial charge in [0.25, 0.3) is 5.91 Å². The standard InChI is InChI=1S/C25H22N2O4/c1-29-22-12-20(13-23(15-22)30-2)25(28)26-16-21-14-24(31-27-21)19-10-8-18(9-11-19)17-6-4-3-5-7-17/h3-15H,16H2,1-2H3,(H,26,28). The summed E-state index contributed by atoms with van der Waals surface area (Å²) in [5, 5.41) is 6.91. The van der Waals surface area contributed by atoms with Crippen LogP contribution < -0.4 is 14.8 Å². The summed E-state index contributed by atoms with van der Waals surface area (Å²) in [5.74, 6) is 1.49. The first kappa shape index (κ1) is 20.2. The Labute approximate surface area is 180 Å². The van der Waals surface area contributed by atoms with Crippen LogP contribution in [0.4, 0.5) is 0 Å². The molecule has 4 rings (SSSR count). The van der Waals surface area contributed by atoms with Gasteiger partial charge in [0.05, 0.1) is 20.8 Å². The molecular weight excluding hydrogens is 392 g/mol. The summed E-state index contributed by atoms with van der Waals surface area (Å²) in [7, 11) is 3.08. The number of amides is 1. The van der Waals surface area contributed by atoms with Gasteiger partial charge in [0.2, 0.25) is 0 Å². The highest BCUT2D eigenvalue weighted by molar-refractivity contribution is 5.95. The van der Waals surface area contributed by atoms with Gasteiger partial charge in [-0.05, 0) is 23.3 Å². The van der Waals surface area contributed by atoms with Crippen molar-refractivity contribution < 1.29 is 18.8 Å². The topological polar surface area (TPSA) is 73.6 Å². The van der Waals surface area contributed by atoms with Crippen molar-refractivity contribution in [1.29, 1.82) is 0 Å². The van der Waals surface area contributed by atoms with E-state index in [1.165, 1.54) is 0 Å². The Balaban J connectivity index is 1.42. The molecule has 1 aromatic heterocycles. The first-order chi connectivity index (χ1) is 15.2. The SMILES string of the molecule is COc1cc(OC)cc(C(=O)NCc2cc(-c3ccc(-c4ccccc4)cc3)on2)c1. The van der Waals surface area contributed by atoms with E-state index in [9.17, 15) is 4.79 Å². The van der Waals surface area contributed by atoms with Crippen LogP contribution in [0.5, 0.6) is 11.5 Å². The molecule has 4 aromatic rings. The summed E-state index contributed by atoms with van der Waals surface area (Å²) < 4.78 is 15.9. The molecule has 0 aliphatic carbocycles. The van der Waals surface area contributed by atoms with Crippen molar-refractivity contribution in [1.82, 2.24) is 10.5 Å². The minimum absolute atomic E-state index is 0.240. The summed E-state index contributed by atoms with van der Waals surface area (Å²) in [6, 6.07) is 25.1. The summed E-state index contributed by atoms with van der Waals surface area (Å²) in [5.41, 5.74) is 4.28. The maximum Gasteiger partial charge on any atom is 0.251 e. The Kier molecular flexibility index (Phi) is 5.98. The van der Waals surface area contributed by atoms with E-state index in [-0.39, 0.29) is 12.5 Å².